The molecule has 1 N–H and O–H groups in total. The van der Waals surface area contributed by atoms with E-state index in [-0.39, 0.29) is 12.5 Å². The number of nitrogens with one attached hydrogen (secondary N) is 1. The van der Waals surface area contributed by atoms with Gasteiger partial charge in [0.2, 0.25) is 6.10 Å². The Morgan fingerprint density at radius 2 is 2.05 bits per heavy atom. The summed E-state index contributed by atoms with van der Waals surface area (Å²) < 4.78 is 16.4. The van der Waals surface area contributed by atoms with Gasteiger partial charge in [0, 0.05) is 6.54 Å². The lowest BCUT2D eigenvalue weighted by molar-refractivity contribution is -0.130. The van der Waals surface area contributed by atoms with Crippen molar-refractivity contribution in [3.05, 3.63) is 54.1 Å². The molecule has 0 saturated heterocycles. The van der Waals surface area contributed by atoms with Crippen LogP contribution in [0.4, 0.5) is 0 Å². The number of hydrogen-bond acceptors (Lipinski definition) is 4. The molecule has 1 amide bonds. The van der Waals surface area contributed by atoms with Crippen molar-refractivity contribution < 1.29 is 19.0 Å². The largest absolute Gasteiger partial charge is 0.497 e. The van der Waals surface area contributed by atoms with Crippen LogP contribution in [0.1, 0.15) is 5.56 Å². The SMILES string of the molecule is COc1cccc(CNC(=O)C2COc3ccccc3O2)c1. The molecule has 22 heavy (non-hydrogen) atoms. The van der Waals surface area contributed by atoms with Crippen LogP contribution in [0, 0.1) is 0 Å². The van der Waals surface area contributed by atoms with Gasteiger partial charge in [0.25, 0.3) is 5.91 Å². The van der Waals surface area contributed by atoms with E-state index in [1.165, 1.54) is 0 Å². The minimum atomic E-state index is -0.638. The predicted octanol–water partition coefficient (Wildman–Crippen LogP) is 2.15. The fourth-order valence-electron chi connectivity index (χ4n) is 2.23. The minimum absolute atomic E-state index is 0.197. The second-order valence-electron chi connectivity index (χ2n) is 4.93. The molecule has 114 valence electrons. The molecule has 5 nitrogen and oxygen atoms in total. The lowest BCUT2D eigenvalue weighted by atomic mass is 10.2. The third-order valence-corrected chi connectivity index (χ3v) is 3.40. The Balaban J connectivity index is 1.59. The van der Waals surface area contributed by atoms with Gasteiger partial charge in [0.15, 0.2) is 11.5 Å². The van der Waals surface area contributed by atoms with Gasteiger partial charge >= 0.3 is 0 Å². The normalized spacial score (nSPS) is 16.0. The van der Waals surface area contributed by atoms with Crippen LogP contribution >= 0.6 is 0 Å². The molecule has 1 atom stereocenters. The maximum Gasteiger partial charge on any atom is 0.264 e. The number of fused-ring (bicyclic) bond motifs is 1. The maximum absolute atomic E-state index is 12.2. The summed E-state index contributed by atoms with van der Waals surface area (Å²) in [4.78, 5) is 12.2. The summed E-state index contributed by atoms with van der Waals surface area (Å²) in [7, 11) is 1.61. The van der Waals surface area contributed by atoms with Crippen molar-refractivity contribution in [3.63, 3.8) is 0 Å². The topological polar surface area (TPSA) is 56.8 Å². The Bertz CT molecular complexity index is 671. The van der Waals surface area contributed by atoms with E-state index in [4.69, 9.17) is 14.2 Å². The quantitative estimate of drug-likeness (QED) is 0.940. The van der Waals surface area contributed by atoms with Crippen LogP contribution in [0.15, 0.2) is 48.5 Å². The highest BCUT2D eigenvalue weighted by Crippen LogP contribution is 2.30. The van der Waals surface area contributed by atoms with E-state index in [0.717, 1.165) is 11.3 Å². The molecule has 0 aromatic heterocycles. The van der Waals surface area contributed by atoms with Crippen LogP contribution in [0.25, 0.3) is 0 Å². The number of amides is 1. The van der Waals surface area contributed by atoms with Gasteiger partial charge in [-0.15, -0.1) is 0 Å². The van der Waals surface area contributed by atoms with Crippen molar-refractivity contribution >= 4 is 5.91 Å². The van der Waals surface area contributed by atoms with E-state index in [2.05, 4.69) is 5.32 Å². The van der Waals surface area contributed by atoms with Crippen LogP contribution in [-0.2, 0) is 11.3 Å². The molecule has 0 bridgehead atoms. The summed E-state index contributed by atoms with van der Waals surface area (Å²) in [5, 5.41) is 2.85. The van der Waals surface area contributed by atoms with Crippen molar-refractivity contribution in [1.29, 1.82) is 0 Å². The molecule has 1 unspecified atom stereocenters. The molecular formula is C17H17NO4. The molecule has 3 rings (SSSR count). The van der Waals surface area contributed by atoms with Gasteiger partial charge < -0.3 is 19.5 Å². The summed E-state index contributed by atoms with van der Waals surface area (Å²) in [6.07, 6.45) is -0.638. The number of carbonyl (C=O) groups excluding carboxylic acids is 1. The number of rotatable bonds is 4. The molecule has 0 radical (unpaired) electrons. The van der Waals surface area contributed by atoms with Crippen molar-refractivity contribution in [2.24, 2.45) is 0 Å². The molecule has 2 aromatic rings. The fraction of sp³-hybridized carbons (Fsp3) is 0.235. The second kappa shape index (κ2) is 6.39. The van der Waals surface area contributed by atoms with Crippen LogP contribution in [0.2, 0.25) is 0 Å². The van der Waals surface area contributed by atoms with Gasteiger partial charge in [0.05, 0.1) is 7.11 Å². The molecule has 0 spiro atoms. The third kappa shape index (κ3) is 3.14. The van der Waals surface area contributed by atoms with E-state index in [9.17, 15) is 4.79 Å². The van der Waals surface area contributed by atoms with Gasteiger partial charge in [-0.2, -0.15) is 0 Å². The lowest BCUT2D eigenvalue weighted by Crippen LogP contribution is -2.43. The zero-order valence-corrected chi connectivity index (χ0v) is 12.2. The number of benzene rings is 2. The third-order valence-electron chi connectivity index (χ3n) is 3.40. The first kappa shape index (κ1) is 14.3. The zero-order chi connectivity index (χ0) is 15.4. The minimum Gasteiger partial charge on any atom is -0.497 e. The zero-order valence-electron chi connectivity index (χ0n) is 12.2. The average Bonchev–Trinajstić information content (AvgIpc) is 2.59. The van der Waals surface area contributed by atoms with E-state index < -0.39 is 6.10 Å². The summed E-state index contributed by atoms with van der Waals surface area (Å²) >= 11 is 0. The lowest BCUT2D eigenvalue weighted by Gasteiger charge is -2.25. The predicted molar refractivity (Wildman–Crippen MR) is 81.2 cm³/mol. The van der Waals surface area contributed by atoms with Gasteiger partial charge in [-0.25, -0.2) is 0 Å². The number of para-hydroxylation sites is 2. The van der Waals surface area contributed by atoms with E-state index in [1.54, 1.807) is 13.2 Å². The molecule has 0 aliphatic carbocycles. The molecule has 0 fully saturated rings. The van der Waals surface area contributed by atoms with Gasteiger partial charge in [-0.1, -0.05) is 24.3 Å². The Morgan fingerprint density at radius 3 is 2.86 bits per heavy atom. The number of hydrogen-bond donors (Lipinski definition) is 1. The second-order valence-corrected chi connectivity index (χ2v) is 4.93. The first-order valence-corrected chi connectivity index (χ1v) is 7.05. The van der Waals surface area contributed by atoms with Crippen LogP contribution in [-0.4, -0.2) is 25.7 Å². The fourth-order valence-corrected chi connectivity index (χ4v) is 2.23. The van der Waals surface area contributed by atoms with E-state index >= 15 is 0 Å². The summed E-state index contributed by atoms with van der Waals surface area (Å²) in [6.45, 7) is 0.624. The molecule has 0 saturated carbocycles. The Hall–Kier alpha value is -2.69. The summed E-state index contributed by atoms with van der Waals surface area (Å²) in [5.74, 6) is 1.82. The summed E-state index contributed by atoms with van der Waals surface area (Å²) in [6, 6.07) is 14.9. The standard InChI is InChI=1S/C17H17NO4/c1-20-13-6-4-5-12(9-13)10-18-17(19)16-11-21-14-7-2-3-8-15(14)22-16/h2-9,16H,10-11H2,1H3,(H,18,19). The van der Waals surface area contributed by atoms with Crippen molar-refractivity contribution in [2.45, 2.75) is 12.6 Å². The highest BCUT2D eigenvalue weighted by Gasteiger charge is 2.26. The molecule has 5 heteroatoms. The highest BCUT2D eigenvalue weighted by atomic mass is 16.6. The monoisotopic (exact) mass is 299 g/mol. The average molecular weight is 299 g/mol. The Morgan fingerprint density at radius 1 is 1.23 bits per heavy atom. The van der Waals surface area contributed by atoms with Gasteiger partial charge in [-0.05, 0) is 29.8 Å². The number of methoxy groups -OCH3 is 1. The van der Waals surface area contributed by atoms with E-state index in [0.29, 0.717) is 18.0 Å². The smallest absolute Gasteiger partial charge is 0.264 e. The maximum atomic E-state index is 12.2. The molecule has 1 heterocycles. The van der Waals surface area contributed by atoms with Crippen LogP contribution < -0.4 is 19.5 Å². The Labute approximate surface area is 128 Å². The van der Waals surface area contributed by atoms with E-state index in [1.807, 2.05) is 42.5 Å². The van der Waals surface area contributed by atoms with Crippen molar-refractivity contribution in [1.82, 2.24) is 5.32 Å². The number of ether oxygens (including phenoxy) is 3. The Kier molecular flexibility index (Phi) is 4.14. The molecule has 1 aliphatic heterocycles. The van der Waals surface area contributed by atoms with Crippen LogP contribution in [0.3, 0.4) is 0 Å². The van der Waals surface area contributed by atoms with Gasteiger partial charge in [-0.3, -0.25) is 4.79 Å². The molecule has 2 aromatic carbocycles. The first-order chi connectivity index (χ1) is 10.8. The molecule has 1 aliphatic rings. The summed E-state index contributed by atoms with van der Waals surface area (Å²) in [5.41, 5.74) is 0.963. The van der Waals surface area contributed by atoms with Crippen molar-refractivity contribution in [3.8, 4) is 17.2 Å². The highest BCUT2D eigenvalue weighted by molar-refractivity contribution is 5.81. The van der Waals surface area contributed by atoms with Gasteiger partial charge in [0.1, 0.15) is 12.4 Å². The molecular weight excluding hydrogens is 282 g/mol. The van der Waals surface area contributed by atoms with Crippen LogP contribution in [0.5, 0.6) is 17.2 Å². The van der Waals surface area contributed by atoms with Crippen molar-refractivity contribution in [2.75, 3.05) is 13.7 Å². The number of carbonyl (C=O) groups is 1. The first-order valence-electron chi connectivity index (χ1n) is 7.05.